The Morgan fingerprint density at radius 3 is 2.52 bits per heavy atom. The molecule has 1 aromatic carbocycles. The summed E-state index contributed by atoms with van der Waals surface area (Å²) in [5, 5.41) is 5.14. The smallest absolute Gasteiger partial charge is 0.241 e. The molecule has 0 heterocycles. The molecule has 2 N–H and O–H groups in total. The number of hydrogen-bond acceptors (Lipinski definition) is 5. The van der Waals surface area contributed by atoms with Gasteiger partial charge >= 0.3 is 0 Å². The largest absolute Gasteiger partial charge is 0.495 e. The number of nitrogens with zero attached hydrogens (tertiary/aromatic N) is 1. The summed E-state index contributed by atoms with van der Waals surface area (Å²) < 4.78 is 32.9. The molecule has 0 atom stereocenters. The fourth-order valence-corrected chi connectivity index (χ4v) is 2.46. The van der Waals surface area contributed by atoms with Crippen molar-refractivity contribution in [1.82, 2.24) is 4.90 Å². The van der Waals surface area contributed by atoms with Gasteiger partial charge in [0.05, 0.1) is 20.1 Å². The molecule has 0 radical (unpaired) electrons. The van der Waals surface area contributed by atoms with E-state index in [4.69, 9.17) is 14.6 Å². The Morgan fingerprint density at radius 1 is 1.33 bits per heavy atom. The molecule has 0 fully saturated rings. The maximum absolute atomic E-state index is 12.0. The zero-order chi connectivity index (χ0) is 16.0. The second kappa shape index (κ2) is 7.39. The van der Waals surface area contributed by atoms with Crippen LogP contribution >= 0.6 is 0 Å². The molecule has 7 nitrogen and oxygen atoms in total. The molecule has 0 aliphatic rings. The SMILES string of the molecule is COCCN(C)C(=O)Cc1ccc(OC)c(S(N)(=O)=O)c1. The average Bonchev–Trinajstić information content (AvgIpc) is 2.43. The van der Waals surface area contributed by atoms with Gasteiger partial charge in [0.25, 0.3) is 0 Å². The van der Waals surface area contributed by atoms with E-state index in [0.717, 1.165) is 0 Å². The number of benzene rings is 1. The van der Waals surface area contributed by atoms with Crippen LogP contribution in [0.2, 0.25) is 0 Å². The molecule has 1 amide bonds. The van der Waals surface area contributed by atoms with Crippen LogP contribution in [0.1, 0.15) is 5.56 Å². The fourth-order valence-electron chi connectivity index (χ4n) is 1.72. The zero-order valence-corrected chi connectivity index (χ0v) is 13.1. The van der Waals surface area contributed by atoms with Gasteiger partial charge in [-0.2, -0.15) is 0 Å². The number of carbonyl (C=O) groups excluding carboxylic acids is 1. The van der Waals surface area contributed by atoms with Gasteiger partial charge in [-0.05, 0) is 17.7 Å². The van der Waals surface area contributed by atoms with E-state index in [-0.39, 0.29) is 23.0 Å². The molecule has 1 aromatic rings. The lowest BCUT2D eigenvalue weighted by atomic mass is 10.1. The van der Waals surface area contributed by atoms with Crippen molar-refractivity contribution in [2.45, 2.75) is 11.3 Å². The predicted molar refractivity (Wildman–Crippen MR) is 77.6 cm³/mol. The van der Waals surface area contributed by atoms with Crippen LogP contribution in [0.4, 0.5) is 0 Å². The lowest BCUT2D eigenvalue weighted by Gasteiger charge is -2.17. The lowest BCUT2D eigenvalue weighted by Crippen LogP contribution is -2.31. The van der Waals surface area contributed by atoms with Crippen molar-refractivity contribution in [2.75, 3.05) is 34.4 Å². The number of ether oxygens (including phenoxy) is 2. The van der Waals surface area contributed by atoms with Crippen molar-refractivity contribution in [3.05, 3.63) is 23.8 Å². The Hall–Kier alpha value is -1.64. The third kappa shape index (κ3) is 5.00. The number of rotatable bonds is 7. The summed E-state index contributed by atoms with van der Waals surface area (Å²) in [6, 6.07) is 4.48. The van der Waals surface area contributed by atoms with Gasteiger partial charge in [-0.1, -0.05) is 6.07 Å². The van der Waals surface area contributed by atoms with Crippen LogP contribution in [0, 0.1) is 0 Å². The normalized spacial score (nSPS) is 11.2. The summed E-state index contributed by atoms with van der Waals surface area (Å²) in [6.45, 7) is 0.904. The number of hydrogen-bond donors (Lipinski definition) is 1. The van der Waals surface area contributed by atoms with E-state index >= 15 is 0 Å². The summed E-state index contributed by atoms with van der Waals surface area (Å²) >= 11 is 0. The molecule has 0 saturated carbocycles. The first kappa shape index (κ1) is 17.4. The second-order valence-corrected chi connectivity index (χ2v) is 6.04. The van der Waals surface area contributed by atoms with Gasteiger partial charge in [-0.15, -0.1) is 0 Å². The van der Waals surface area contributed by atoms with Crippen LogP contribution in [0.3, 0.4) is 0 Å². The molecule has 0 aromatic heterocycles. The van der Waals surface area contributed by atoms with Crippen LogP contribution in [-0.2, 0) is 26.0 Å². The number of likely N-dealkylation sites (N-methyl/N-ethyl adjacent to an activating group) is 1. The minimum absolute atomic E-state index is 0.0761. The fraction of sp³-hybridized carbons (Fsp3) is 0.462. The van der Waals surface area contributed by atoms with E-state index in [2.05, 4.69) is 0 Å². The Kier molecular flexibility index (Phi) is 6.13. The van der Waals surface area contributed by atoms with Gasteiger partial charge < -0.3 is 14.4 Å². The average molecular weight is 316 g/mol. The van der Waals surface area contributed by atoms with Gasteiger partial charge in [-0.25, -0.2) is 13.6 Å². The Balaban J connectivity index is 2.93. The van der Waals surface area contributed by atoms with Crippen molar-refractivity contribution in [3.8, 4) is 5.75 Å². The van der Waals surface area contributed by atoms with Crippen LogP contribution in [-0.4, -0.2) is 53.6 Å². The summed E-state index contributed by atoms with van der Waals surface area (Å²) in [5.41, 5.74) is 0.550. The van der Waals surface area contributed by atoms with Crippen molar-refractivity contribution in [1.29, 1.82) is 0 Å². The van der Waals surface area contributed by atoms with E-state index in [0.29, 0.717) is 18.7 Å². The molecule has 0 saturated heterocycles. The van der Waals surface area contributed by atoms with E-state index in [1.54, 1.807) is 20.2 Å². The molecule has 21 heavy (non-hydrogen) atoms. The molecular formula is C13H20N2O5S. The molecule has 0 aliphatic heterocycles. The lowest BCUT2D eigenvalue weighted by molar-refractivity contribution is -0.129. The molecule has 1 rings (SSSR count). The number of methoxy groups -OCH3 is 2. The summed E-state index contributed by atoms with van der Waals surface area (Å²) in [4.78, 5) is 13.4. The van der Waals surface area contributed by atoms with Crippen molar-refractivity contribution < 1.29 is 22.7 Å². The highest BCUT2D eigenvalue weighted by atomic mass is 32.2. The summed E-state index contributed by atoms with van der Waals surface area (Å²) in [6.07, 6.45) is 0.0761. The molecule has 118 valence electrons. The van der Waals surface area contributed by atoms with Crippen molar-refractivity contribution in [3.63, 3.8) is 0 Å². The Morgan fingerprint density at radius 2 is 2.00 bits per heavy atom. The third-order valence-corrected chi connectivity index (χ3v) is 3.88. The molecular weight excluding hydrogens is 296 g/mol. The summed E-state index contributed by atoms with van der Waals surface area (Å²) in [7, 11) is 0.660. The topological polar surface area (TPSA) is 98.9 Å². The first-order valence-electron chi connectivity index (χ1n) is 6.22. The minimum atomic E-state index is -3.91. The molecule has 0 unspecified atom stereocenters. The standard InChI is InChI=1S/C13H20N2O5S/c1-15(6-7-19-2)13(16)9-10-4-5-11(20-3)12(8-10)21(14,17)18/h4-5,8H,6-7,9H2,1-3H3,(H2,14,17,18). The number of amides is 1. The highest BCUT2D eigenvalue weighted by Crippen LogP contribution is 2.24. The highest BCUT2D eigenvalue weighted by molar-refractivity contribution is 7.89. The number of primary sulfonamides is 1. The summed E-state index contributed by atoms with van der Waals surface area (Å²) in [5.74, 6) is 0.0130. The van der Waals surface area contributed by atoms with E-state index in [9.17, 15) is 13.2 Å². The molecule has 0 spiro atoms. The maximum atomic E-state index is 12.0. The Bertz CT molecular complexity index is 601. The maximum Gasteiger partial charge on any atom is 0.241 e. The van der Waals surface area contributed by atoms with Gasteiger partial charge in [0.2, 0.25) is 15.9 Å². The van der Waals surface area contributed by atoms with Crippen LogP contribution in [0.25, 0.3) is 0 Å². The Labute approximate surface area is 124 Å². The monoisotopic (exact) mass is 316 g/mol. The van der Waals surface area contributed by atoms with Gasteiger partial charge in [0.1, 0.15) is 10.6 Å². The van der Waals surface area contributed by atoms with E-state index in [1.165, 1.54) is 24.1 Å². The van der Waals surface area contributed by atoms with Gasteiger partial charge in [0, 0.05) is 20.7 Å². The van der Waals surface area contributed by atoms with E-state index in [1.807, 2.05) is 0 Å². The number of sulfonamides is 1. The number of carbonyl (C=O) groups is 1. The zero-order valence-electron chi connectivity index (χ0n) is 12.3. The van der Waals surface area contributed by atoms with Crippen molar-refractivity contribution >= 4 is 15.9 Å². The predicted octanol–water partition coefficient (Wildman–Crippen LogP) is -0.0101. The minimum Gasteiger partial charge on any atom is -0.495 e. The quantitative estimate of drug-likeness (QED) is 0.763. The molecule has 8 heteroatoms. The first-order chi connectivity index (χ1) is 9.79. The first-order valence-corrected chi connectivity index (χ1v) is 7.77. The van der Waals surface area contributed by atoms with Gasteiger partial charge in [0.15, 0.2) is 0 Å². The van der Waals surface area contributed by atoms with Crippen LogP contribution < -0.4 is 9.88 Å². The second-order valence-electron chi connectivity index (χ2n) is 4.52. The molecule has 0 bridgehead atoms. The number of nitrogens with two attached hydrogens (primary N) is 1. The molecule has 0 aliphatic carbocycles. The van der Waals surface area contributed by atoms with E-state index < -0.39 is 10.0 Å². The third-order valence-electron chi connectivity index (χ3n) is 2.95. The van der Waals surface area contributed by atoms with Crippen LogP contribution in [0.15, 0.2) is 23.1 Å². The van der Waals surface area contributed by atoms with Crippen molar-refractivity contribution in [2.24, 2.45) is 5.14 Å². The highest BCUT2D eigenvalue weighted by Gasteiger charge is 2.17. The van der Waals surface area contributed by atoms with Crippen LogP contribution in [0.5, 0.6) is 5.75 Å². The van der Waals surface area contributed by atoms with Gasteiger partial charge in [-0.3, -0.25) is 4.79 Å².